The van der Waals surface area contributed by atoms with Gasteiger partial charge in [0, 0.05) is 23.0 Å². The molecular formula is C21H29BrN2O5S. The van der Waals surface area contributed by atoms with Gasteiger partial charge in [-0.3, -0.25) is 9.59 Å². The van der Waals surface area contributed by atoms with Crippen LogP contribution in [0.3, 0.4) is 0 Å². The van der Waals surface area contributed by atoms with Crippen molar-refractivity contribution in [2.24, 2.45) is 0 Å². The van der Waals surface area contributed by atoms with Gasteiger partial charge in [-0.25, -0.2) is 13.1 Å². The number of benzene rings is 1. The predicted octanol–water partition coefficient (Wildman–Crippen LogP) is 3.68. The average Bonchev–Trinajstić information content (AvgIpc) is 2.96. The van der Waals surface area contributed by atoms with Crippen molar-refractivity contribution in [3.8, 4) is 0 Å². The molecule has 0 spiro atoms. The van der Waals surface area contributed by atoms with E-state index in [0.717, 1.165) is 24.8 Å². The number of fused-ring (bicyclic) bond motifs is 1. The summed E-state index contributed by atoms with van der Waals surface area (Å²) in [6.45, 7) is 5.34. The number of amides is 1. The standard InChI is InChI=1S/C21H29BrN2O5S/c1-4-29-19(26)13-21(8-6-5-7-9-21)23-30(27,28)18-12-17(22)11-16-10-14(2)24(15(3)25)20(16)18/h11-12,14,23H,4-10,13H2,1-3H3. The Morgan fingerprint density at radius 2 is 1.93 bits per heavy atom. The first-order valence-corrected chi connectivity index (χ1v) is 12.7. The first-order chi connectivity index (χ1) is 14.1. The van der Waals surface area contributed by atoms with Gasteiger partial charge < -0.3 is 9.64 Å². The molecule has 1 unspecified atom stereocenters. The minimum absolute atomic E-state index is 0.00306. The van der Waals surface area contributed by atoms with Crippen LogP contribution in [0.1, 0.15) is 64.9 Å². The van der Waals surface area contributed by atoms with Crippen LogP contribution in [-0.4, -0.2) is 38.5 Å². The van der Waals surface area contributed by atoms with Crippen molar-refractivity contribution in [2.45, 2.75) is 82.2 Å². The Morgan fingerprint density at radius 3 is 2.53 bits per heavy atom. The molecule has 3 rings (SSSR count). The molecule has 9 heteroatoms. The molecule has 2 aliphatic rings. The highest BCUT2D eigenvalue weighted by molar-refractivity contribution is 9.10. The van der Waals surface area contributed by atoms with Gasteiger partial charge in [-0.05, 0) is 50.8 Å². The van der Waals surface area contributed by atoms with E-state index in [9.17, 15) is 18.0 Å². The monoisotopic (exact) mass is 500 g/mol. The number of anilines is 1. The lowest BCUT2D eigenvalue weighted by Crippen LogP contribution is -2.51. The normalized spacial score (nSPS) is 20.7. The minimum Gasteiger partial charge on any atom is -0.466 e. The van der Waals surface area contributed by atoms with Crippen LogP contribution in [0.4, 0.5) is 5.69 Å². The third-order valence-electron chi connectivity index (χ3n) is 5.89. The van der Waals surface area contributed by atoms with Gasteiger partial charge in [0.1, 0.15) is 4.90 Å². The summed E-state index contributed by atoms with van der Waals surface area (Å²) in [6, 6.07) is 3.28. The summed E-state index contributed by atoms with van der Waals surface area (Å²) in [4.78, 5) is 26.2. The average molecular weight is 501 g/mol. The van der Waals surface area contributed by atoms with E-state index in [1.54, 1.807) is 11.8 Å². The van der Waals surface area contributed by atoms with E-state index in [-0.39, 0.29) is 29.9 Å². The first-order valence-electron chi connectivity index (χ1n) is 10.4. The van der Waals surface area contributed by atoms with Crippen LogP contribution in [0.5, 0.6) is 0 Å². The van der Waals surface area contributed by atoms with Crippen LogP contribution < -0.4 is 9.62 Å². The van der Waals surface area contributed by atoms with Crippen molar-refractivity contribution in [3.63, 3.8) is 0 Å². The number of esters is 1. The van der Waals surface area contributed by atoms with Gasteiger partial charge in [0.25, 0.3) is 0 Å². The second-order valence-electron chi connectivity index (χ2n) is 8.28. The first kappa shape index (κ1) is 23.2. The maximum absolute atomic E-state index is 13.6. The topological polar surface area (TPSA) is 92.8 Å². The van der Waals surface area contributed by atoms with Gasteiger partial charge in [-0.2, -0.15) is 0 Å². The zero-order chi connectivity index (χ0) is 22.1. The van der Waals surface area contributed by atoms with E-state index in [1.165, 1.54) is 13.0 Å². The van der Waals surface area contributed by atoms with Crippen molar-refractivity contribution >= 4 is 43.5 Å². The number of nitrogens with one attached hydrogen (secondary N) is 1. The van der Waals surface area contributed by atoms with Crippen LogP contribution in [0.15, 0.2) is 21.5 Å². The number of nitrogens with zero attached hydrogens (tertiary/aromatic N) is 1. The molecule has 1 fully saturated rings. The van der Waals surface area contributed by atoms with Gasteiger partial charge in [0.05, 0.1) is 18.7 Å². The summed E-state index contributed by atoms with van der Waals surface area (Å²) in [5.41, 5.74) is 0.382. The molecule has 1 aliphatic carbocycles. The number of rotatable bonds is 6. The van der Waals surface area contributed by atoms with E-state index < -0.39 is 21.5 Å². The maximum Gasteiger partial charge on any atom is 0.307 e. The molecule has 0 aromatic heterocycles. The number of halogens is 1. The smallest absolute Gasteiger partial charge is 0.307 e. The molecule has 1 aliphatic heterocycles. The molecule has 0 radical (unpaired) electrons. The van der Waals surface area contributed by atoms with Gasteiger partial charge in [-0.15, -0.1) is 0 Å². The zero-order valence-corrected chi connectivity index (χ0v) is 20.1. The van der Waals surface area contributed by atoms with Crippen molar-refractivity contribution in [1.82, 2.24) is 4.72 Å². The van der Waals surface area contributed by atoms with Crippen molar-refractivity contribution < 1.29 is 22.7 Å². The molecular weight excluding hydrogens is 472 g/mol. The van der Waals surface area contributed by atoms with Gasteiger partial charge in [0.15, 0.2) is 0 Å². The number of hydrogen-bond donors (Lipinski definition) is 1. The Hall–Kier alpha value is -1.45. The molecule has 1 saturated carbocycles. The van der Waals surface area contributed by atoms with E-state index in [4.69, 9.17) is 4.74 Å². The van der Waals surface area contributed by atoms with Crippen LogP contribution in [0.25, 0.3) is 0 Å². The van der Waals surface area contributed by atoms with Crippen molar-refractivity contribution in [2.75, 3.05) is 11.5 Å². The van der Waals surface area contributed by atoms with Crippen LogP contribution >= 0.6 is 15.9 Å². The second kappa shape index (κ2) is 8.96. The van der Waals surface area contributed by atoms with E-state index >= 15 is 0 Å². The van der Waals surface area contributed by atoms with Crippen LogP contribution in [0.2, 0.25) is 0 Å². The number of ether oxygens (including phenoxy) is 1. The van der Waals surface area contributed by atoms with Crippen molar-refractivity contribution in [3.05, 3.63) is 22.2 Å². The highest BCUT2D eigenvalue weighted by Crippen LogP contribution is 2.41. The maximum atomic E-state index is 13.6. The Morgan fingerprint density at radius 1 is 1.27 bits per heavy atom. The summed E-state index contributed by atoms with van der Waals surface area (Å²) in [7, 11) is -4.00. The fourth-order valence-electron chi connectivity index (χ4n) is 4.73. The third-order valence-corrected chi connectivity index (χ3v) is 7.94. The van der Waals surface area contributed by atoms with E-state index in [2.05, 4.69) is 20.7 Å². The lowest BCUT2D eigenvalue weighted by molar-refractivity contribution is -0.145. The second-order valence-corrected chi connectivity index (χ2v) is 10.8. The van der Waals surface area contributed by atoms with Crippen LogP contribution in [0, 0.1) is 0 Å². The van der Waals surface area contributed by atoms with Gasteiger partial charge in [-0.1, -0.05) is 35.2 Å². The molecule has 7 nitrogen and oxygen atoms in total. The predicted molar refractivity (Wildman–Crippen MR) is 118 cm³/mol. The molecule has 1 amide bonds. The molecule has 166 valence electrons. The molecule has 1 N–H and O–H groups in total. The molecule has 1 aromatic carbocycles. The summed E-state index contributed by atoms with van der Waals surface area (Å²) < 4.78 is 35.8. The Kier molecular flexibility index (Phi) is 6.94. The van der Waals surface area contributed by atoms with Crippen molar-refractivity contribution in [1.29, 1.82) is 0 Å². The van der Waals surface area contributed by atoms with E-state index in [0.29, 0.717) is 29.4 Å². The Balaban J connectivity index is 2.03. The number of sulfonamides is 1. The summed E-state index contributed by atoms with van der Waals surface area (Å²) in [5.74, 6) is -0.598. The number of carbonyl (C=O) groups excluding carboxylic acids is 2. The molecule has 1 heterocycles. The molecule has 0 saturated heterocycles. The fraction of sp³-hybridized carbons (Fsp3) is 0.619. The third kappa shape index (κ3) is 4.73. The summed E-state index contributed by atoms with van der Waals surface area (Å²) in [5, 5.41) is 0. The SMILES string of the molecule is CCOC(=O)CC1(NS(=O)(=O)c2cc(Br)cc3c2N(C(C)=O)C(C)C3)CCCCC1. The molecule has 1 atom stereocenters. The highest BCUT2D eigenvalue weighted by Gasteiger charge is 2.42. The van der Waals surface area contributed by atoms with Crippen LogP contribution in [-0.2, 0) is 30.8 Å². The fourth-order valence-corrected chi connectivity index (χ4v) is 7.11. The highest BCUT2D eigenvalue weighted by atomic mass is 79.9. The Labute approximate surface area is 186 Å². The quantitative estimate of drug-likeness (QED) is 0.601. The molecule has 1 aromatic rings. The lowest BCUT2D eigenvalue weighted by Gasteiger charge is -2.37. The summed E-state index contributed by atoms with van der Waals surface area (Å²) in [6.07, 6.45) is 4.44. The van der Waals surface area contributed by atoms with Gasteiger partial charge in [0.2, 0.25) is 15.9 Å². The van der Waals surface area contributed by atoms with E-state index in [1.807, 2.05) is 13.0 Å². The number of carbonyl (C=O) groups is 2. The zero-order valence-electron chi connectivity index (χ0n) is 17.7. The molecule has 30 heavy (non-hydrogen) atoms. The number of hydrogen-bond acceptors (Lipinski definition) is 5. The molecule has 0 bridgehead atoms. The largest absolute Gasteiger partial charge is 0.466 e. The Bertz CT molecular complexity index is 941. The summed E-state index contributed by atoms with van der Waals surface area (Å²) >= 11 is 3.41. The van der Waals surface area contributed by atoms with Gasteiger partial charge >= 0.3 is 5.97 Å². The minimum atomic E-state index is -4.00. The lowest BCUT2D eigenvalue weighted by atomic mass is 9.80.